The molecule has 16 heavy (non-hydrogen) atoms. The first-order chi connectivity index (χ1) is 7.63. The molecule has 1 saturated carbocycles. The van der Waals surface area contributed by atoms with E-state index in [0.717, 1.165) is 23.3 Å². The average Bonchev–Trinajstić information content (AvgIpc) is 2.60. The van der Waals surface area contributed by atoms with E-state index < -0.39 is 0 Å². The van der Waals surface area contributed by atoms with Crippen molar-refractivity contribution < 1.29 is 9.53 Å². The molecule has 1 aliphatic carbocycles. The van der Waals surface area contributed by atoms with Crippen molar-refractivity contribution in [3.8, 4) is 5.75 Å². The average molecular weight is 216 g/mol. The molecule has 0 bridgehead atoms. The normalized spacial score (nSPS) is 20.2. The number of carbonyl (C=O) groups excluding carboxylic acids is 1. The van der Waals surface area contributed by atoms with Crippen LogP contribution in [0.1, 0.15) is 29.9 Å². The van der Waals surface area contributed by atoms with Crippen LogP contribution in [0.4, 0.5) is 0 Å². The van der Waals surface area contributed by atoms with Gasteiger partial charge in [0, 0.05) is 12.3 Å². The van der Waals surface area contributed by atoms with Crippen LogP contribution in [0, 0.1) is 6.92 Å². The van der Waals surface area contributed by atoms with Crippen molar-refractivity contribution in [1.29, 1.82) is 0 Å². The Morgan fingerprint density at radius 1 is 1.44 bits per heavy atom. The summed E-state index contributed by atoms with van der Waals surface area (Å²) in [5.74, 6) is 1.30. The number of benzene rings is 1. The van der Waals surface area contributed by atoms with Crippen LogP contribution in [-0.4, -0.2) is 12.9 Å². The molecule has 1 aliphatic rings. The first kappa shape index (κ1) is 10.9. The molecule has 1 unspecified atom stereocenters. The fourth-order valence-electron chi connectivity index (χ4n) is 2.29. The van der Waals surface area contributed by atoms with Gasteiger partial charge in [-0.2, -0.15) is 0 Å². The number of ether oxygens (including phenoxy) is 1. The standard InChI is InChI=1S/C14H16O2/c1-9-8-11(4-7-14(9)16-3)12-5-6-13(15)10(12)2/h4,7-8,12H,2,5-6H2,1,3H3. The second kappa shape index (κ2) is 4.12. The van der Waals surface area contributed by atoms with Crippen LogP contribution in [0.15, 0.2) is 30.4 Å². The molecular formula is C14H16O2. The molecule has 1 aromatic carbocycles. The van der Waals surface area contributed by atoms with Gasteiger partial charge < -0.3 is 4.74 Å². The predicted molar refractivity (Wildman–Crippen MR) is 63.9 cm³/mol. The van der Waals surface area contributed by atoms with Gasteiger partial charge in [-0.05, 0) is 36.1 Å². The monoisotopic (exact) mass is 216 g/mol. The summed E-state index contributed by atoms with van der Waals surface area (Å²) in [6.07, 6.45) is 1.53. The molecule has 0 N–H and O–H groups in total. The van der Waals surface area contributed by atoms with E-state index in [9.17, 15) is 4.79 Å². The van der Waals surface area contributed by atoms with Crippen molar-refractivity contribution in [1.82, 2.24) is 0 Å². The Morgan fingerprint density at radius 3 is 2.69 bits per heavy atom. The molecule has 2 rings (SSSR count). The number of Topliss-reactive ketones (excluding diaryl/α,β-unsaturated/α-hetero) is 1. The predicted octanol–water partition coefficient (Wildman–Crippen LogP) is 3.01. The SMILES string of the molecule is C=C1C(=O)CCC1c1ccc(OC)c(C)c1. The largest absolute Gasteiger partial charge is 0.496 e. The minimum atomic E-state index is 0.206. The Kier molecular flexibility index (Phi) is 2.82. The zero-order chi connectivity index (χ0) is 11.7. The summed E-state index contributed by atoms with van der Waals surface area (Å²) >= 11 is 0. The van der Waals surface area contributed by atoms with Gasteiger partial charge in [-0.25, -0.2) is 0 Å². The topological polar surface area (TPSA) is 26.3 Å². The maximum Gasteiger partial charge on any atom is 0.158 e. The molecule has 2 nitrogen and oxygen atoms in total. The van der Waals surface area contributed by atoms with Gasteiger partial charge in [0.1, 0.15) is 5.75 Å². The Bertz CT molecular complexity index is 446. The Labute approximate surface area is 95.9 Å². The molecule has 0 aliphatic heterocycles. The maximum absolute atomic E-state index is 11.4. The number of hydrogen-bond donors (Lipinski definition) is 0. The second-order valence-electron chi connectivity index (χ2n) is 4.27. The molecule has 0 saturated heterocycles. The van der Waals surface area contributed by atoms with Crippen LogP contribution in [0.5, 0.6) is 5.75 Å². The van der Waals surface area contributed by atoms with Gasteiger partial charge in [-0.1, -0.05) is 18.7 Å². The summed E-state index contributed by atoms with van der Waals surface area (Å²) < 4.78 is 5.22. The Hall–Kier alpha value is -1.57. The minimum Gasteiger partial charge on any atom is -0.496 e. The molecular weight excluding hydrogens is 200 g/mol. The number of hydrogen-bond acceptors (Lipinski definition) is 2. The van der Waals surface area contributed by atoms with Crippen molar-refractivity contribution >= 4 is 5.78 Å². The van der Waals surface area contributed by atoms with Gasteiger partial charge in [0.15, 0.2) is 5.78 Å². The van der Waals surface area contributed by atoms with Crippen LogP contribution in [0.2, 0.25) is 0 Å². The van der Waals surface area contributed by atoms with Gasteiger partial charge in [0.05, 0.1) is 7.11 Å². The lowest BCUT2D eigenvalue weighted by molar-refractivity contribution is -0.114. The molecule has 1 fully saturated rings. The highest BCUT2D eigenvalue weighted by molar-refractivity contribution is 5.98. The quantitative estimate of drug-likeness (QED) is 0.710. The fraction of sp³-hybridized carbons (Fsp3) is 0.357. The molecule has 1 aromatic rings. The second-order valence-corrected chi connectivity index (χ2v) is 4.27. The van der Waals surface area contributed by atoms with E-state index in [-0.39, 0.29) is 11.7 Å². The van der Waals surface area contributed by atoms with Gasteiger partial charge in [-0.15, -0.1) is 0 Å². The summed E-state index contributed by atoms with van der Waals surface area (Å²) in [5, 5.41) is 0. The van der Waals surface area contributed by atoms with Crippen molar-refractivity contribution in [2.45, 2.75) is 25.7 Å². The Balaban J connectivity index is 2.32. The molecule has 0 amide bonds. The molecule has 84 valence electrons. The highest BCUT2D eigenvalue weighted by atomic mass is 16.5. The Morgan fingerprint density at radius 2 is 2.19 bits per heavy atom. The minimum absolute atomic E-state index is 0.206. The first-order valence-corrected chi connectivity index (χ1v) is 5.50. The highest BCUT2D eigenvalue weighted by Gasteiger charge is 2.28. The number of allylic oxidation sites excluding steroid dienone is 1. The van der Waals surface area contributed by atoms with Crippen molar-refractivity contribution in [3.05, 3.63) is 41.5 Å². The van der Waals surface area contributed by atoms with E-state index in [0.29, 0.717) is 6.42 Å². The van der Waals surface area contributed by atoms with Crippen LogP contribution < -0.4 is 4.74 Å². The molecule has 0 radical (unpaired) electrons. The van der Waals surface area contributed by atoms with Crippen LogP contribution in [-0.2, 0) is 4.79 Å². The third-order valence-electron chi connectivity index (χ3n) is 3.26. The van der Waals surface area contributed by atoms with E-state index in [4.69, 9.17) is 4.74 Å². The molecule has 1 atom stereocenters. The lowest BCUT2D eigenvalue weighted by atomic mass is 9.93. The lowest BCUT2D eigenvalue weighted by Crippen LogP contribution is -1.99. The number of carbonyl (C=O) groups is 1. The molecule has 0 heterocycles. The zero-order valence-electron chi connectivity index (χ0n) is 9.75. The van der Waals surface area contributed by atoms with Gasteiger partial charge in [0.25, 0.3) is 0 Å². The van der Waals surface area contributed by atoms with Crippen LogP contribution in [0.3, 0.4) is 0 Å². The van der Waals surface area contributed by atoms with E-state index in [1.165, 1.54) is 5.56 Å². The molecule has 0 aromatic heterocycles. The van der Waals surface area contributed by atoms with E-state index in [1.807, 2.05) is 19.1 Å². The van der Waals surface area contributed by atoms with E-state index >= 15 is 0 Å². The zero-order valence-corrected chi connectivity index (χ0v) is 9.75. The summed E-state index contributed by atoms with van der Waals surface area (Å²) in [7, 11) is 1.67. The van der Waals surface area contributed by atoms with Gasteiger partial charge in [0.2, 0.25) is 0 Å². The van der Waals surface area contributed by atoms with Crippen LogP contribution >= 0.6 is 0 Å². The highest BCUT2D eigenvalue weighted by Crippen LogP contribution is 2.37. The number of ketones is 1. The fourth-order valence-corrected chi connectivity index (χ4v) is 2.29. The van der Waals surface area contributed by atoms with Gasteiger partial charge >= 0.3 is 0 Å². The summed E-state index contributed by atoms with van der Waals surface area (Å²) in [5.41, 5.74) is 3.03. The van der Waals surface area contributed by atoms with Crippen molar-refractivity contribution in [2.24, 2.45) is 0 Å². The van der Waals surface area contributed by atoms with E-state index in [2.05, 4.69) is 12.6 Å². The smallest absolute Gasteiger partial charge is 0.158 e. The van der Waals surface area contributed by atoms with Crippen LogP contribution in [0.25, 0.3) is 0 Å². The lowest BCUT2D eigenvalue weighted by Gasteiger charge is -2.13. The van der Waals surface area contributed by atoms with E-state index in [1.54, 1.807) is 7.11 Å². The third kappa shape index (κ3) is 1.75. The molecule has 0 spiro atoms. The first-order valence-electron chi connectivity index (χ1n) is 5.50. The van der Waals surface area contributed by atoms with Crippen molar-refractivity contribution in [2.75, 3.05) is 7.11 Å². The third-order valence-corrected chi connectivity index (χ3v) is 3.26. The number of rotatable bonds is 2. The van der Waals surface area contributed by atoms with Gasteiger partial charge in [-0.3, -0.25) is 4.79 Å². The molecule has 2 heteroatoms. The van der Waals surface area contributed by atoms with Crippen molar-refractivity contribution in [3.63, 3.8) is 0 Å². The summed E-state index contributed by atoms with van der Waals surface area (Å²) in [6, 6.07) is 6.08. The number of aryl methyl sites for hydroxylation is 1. The number of methoxy groups -OCH3 is 1. The summed E-state index contributed by atoms with van der Waals surface area (Å²) in [6.45, 7) is 5.90. The maximum atomic E-state index is 11.4. The summed E-state index contributed by atoms with van der Waals surface area (Å²) in [4.78, 5) is 11.4.